The zero-order valence-electron chi connectivity index (χ0n) is 23.1. The number of nitro benzene ring substituents is 2. The van der Waals surface area contributed by atoms with Crippen LogP contribution in [-0.2, 0) is 32.2 Å². The molecule has 0 heterocycles. The molecule has 204 valence electrons. The molecule has 0 aliphatic rings. The number of methoxy groups -OCH3 is 2. The van der Waals surface area contributed by atoms with Crippen LogP contribution in [0.3, 0.4) is 0 Å². The second kappa shape index (κ2) is 13.5. The fourth-order valence-electron chi connectivity index (χ4n) is 3.55. The first-order valence-electron chi connectivity index (χ1n) is 12.6. The molecule has 0 aliphatic carbocycles. The topological polar surface area (TPSA) is 157 Å². The largest absolute Gasteiger partial charge is 0.493 e. The van der Waals surface area contributed by atoms with Crippen molar-refractivity contribution in [2.24, 2.45) is 0 Å². The van der Waals surface area contributed by atoms with Gasteiger partial charge in [0, 0.05) is 18.9 Å². The van der Waals surface area contributed by atoms with Crippen molar-refractivity contribution in [3.63, 3.8) is 0 Å². The average molecular weight is 541 g/mol. The fourth-order valence-corrected chi connectivity index (χ4v) is 3.55. The number of ether oxygens (including phenoxy) is 4. The lowest BCUT2D eigenvalue weighted by molar-refractivity contribution is -0.386. The van der Waals surface area contributed by atoms with Crippen LogP contribution in [0.4, 0.5) is 11.4 Å². The third-order valence-electron chi connectivity index (χ3n) is 5.51. The number of hydrogen-bond donors (Lipinski definition) is 0. The number of esters is 2. The zero-order chi connectivity index (χ0) is 30.2. The molecule has 0 aliphatic heterocycles. The second-order valence-electron chi connectivity index (χ2n) is 8.04. The summed E-state index contributed by atoms with van der Waals surface area (Å²) in [4.78, 5) is 46.2. The number of nitro groups is 2. The molecule has 0 saturated heterocycles. The van der Waals surface area contributed by atoms with Crippen LogP contribution < -0.4 is 9.47 Å². The Hall–Kier alpha value is -5.00. The molecule has 0 N–H and O–H groups in total. The Balaban J connectivity index is 1.58. The Kier molecular flexibility index (Phi) is 8.89. The van der Waals surface area contributed by atoms with Gasteiger partial charge in [0.15, 0.2) is 11.5 Å². The highest BCUT2D eigenvalue weighted by Gasteiger charge is 2.21. The number of carbonyl (C=O) groups is 2. The van der Waals surface area contributed by atoms with Gasteiger partial charge in [0.05, 0.1) is 44.0 Å². The van der Waals surface area contributed by atoms with Gasteiger partial charge < -0.3 is 18.9 Å². The van der Waals surface area contributed by atoms with E-state index >= 15 is 0 Å². The summed E-state index contributed by atoms with van der Waals surface area (Å²) in [5.74, 6) is -1.46. The van der Waals surface area contributed by atoms with Gasteiger partial charge in [0.2, 0.25) is 0 Å². The van der Waals surface area contributed by atoms with E-state index in [-0.39, 0.29) is 42.0 Å². The summed E-state index contributed by atoms with van der Waals surface area (Å²) in [6.45, 7) is -3.26. The summed E-state index contributed by atoms with van der Waals surface area (Å²) in [6.07, 6.45) is -0.747. The predicted octanol–water partition coefficient (Wildman–Crippen LogP) is 5.14. The van der Waals surface area contributed by atoms with E-state index in [0.29, 0.717) is 11.1 Å². The molecule has 12 nitrogen and oxygen atoms in total. The maximum atomic E-state index is 12.3. The van der Waals surface area contributed by atoms with Gasteiger partial charge in [-0.2, -0.15) is 0 Å². The zero-order valence-corrected chi connectivity index (χ0v) is 21.1. The van der Waals surface area contributed by atoms with Gasteiger partial charge in [-0.05, 0) is 29.7 Å². The van der Waals surface area contributed by atoms with Crippen LogP contribution in [0.25, 0.3) is 11.1 Å². The Morgan fingerprint density at radius 3 is 1.97 bits per heavy atom. The van der Waals surface area contributed by atoms with Crippen molar-refractivity contribution in [3.05, 3.63) is 92.0 Å². The minimum Gasteiger partial charge on any atom is -0.493 e. The second-order valence-corrected chi connectivity index (χ2v) is 8.04. The lowest BCUT2D eigenvalue weighted by Gasteiger charge is -2.11. The Labute approximate surface area is 226 Å². The molecule has 0 fully saturated rings. The molecule has 0 radical (unpaired) electrons. The van der Waals surface area contributed by atoms with Crippen molar-refractivity contribution in [1.82, 2.24) is 0 Å². The van der Waals surface area contributed by atoms with Crippen LogP contribution in [0.1, 0.15) is 33.1 Å². The van der Waals surface area contributed by atoms with Gasteiger partial charge in [-0.1, -0.05) is 36.4 Å². The van der Waals surface area contributed by atoms with E-state index in [0.717, 1.165) is 6.07 Å². The third kappa shape index (κ3) is 7.74. The van der Waals surface area contributed by atoms with E-state index < -0.39 is 46.2 Å². The standard InChI is InChI=1S/C27H26N2O10/c1-36-24-14-21(23(29(34)35)15-25(24)37-2)17-39-27(31)10-6-9-26(30)38-16-20-12-11-19(13-22(20)28(32)33)18-7-4-3-5-8-18/h3-5,7-8,11-15H,6,9-10,16-17H2,1-2H3/i16D2. The van der Waals surface area contributed by atoms with Crippen molar-refractivity contribution in [2.45, 2.75) is 32.4 Å². The van der Waals surface area contributed by atoms with Crippen LogP contribution >= 0.6 is 0 Å². The van der Waals surface area contributed by atoms with Crippen LogP contribution in [0.2, 0.25) is 0 Å². The van der Waals surface area contributed by atoms with Crippen LogP contribution in [0.15, 0.2) is 60.7 Å². The van der Waals surface area contributed by atoms with Crippen molar-refractivity contribution < 1.29 is 41.1 Å². The number of nitrogens with zero attached hydrogens (tertiary/aromatic N) is 2. The summed E-state index contributed by atoms with van der Waals surface area (Å²) < 4.78 is 36.5. The summed E-state index contributed by atoms with van der Waals surface area (Å²) in [7, 11) is 2.67. The summed E-state index contributed by atoms with van der Waals surface area (Å²) in [5.41, 5.74) is -0.100. The normalized spacial score (nSPS) is 11.5. The molecule has 12 heteroatoms. The Morgan fingerprint density at radius 2 is 1.36 bits per heavy atom. The van der Waals surface area contributed by atoms with Gasteiger partial charge >= 0.3 is 11.9 Å². The predicted molar refractivity (Wildman–Crippen MR) is 138 cm³/mol. The van der Waals surface area contributed by atoms with E-state index in [1.54, 1.807) is 30.3 Å². The van der Waals surface area contributed by atoms with E-state index in [1.165, 1.54) is 38.5 Å². The lowest BCUT2D eigenvalue weighted by atomic mass is 10.0. The third-order valence-corrected chi connectivity index (χ3v) is 5.51. The van der Waals surface area contributed by atoms with E-state index in [1.807, 2.05) is 0 Å². The first-order chi connectivity index (χ1) is 19.5. The Morgan fingerprint density at radius 1 is 0.769 bits per heavy atom. The van der Waals surface area contributed by atoms with Gasteiger partial charge in [-0.15, -0.1) is 0 Å². The van der Waals surface area contributed by atoms with Crippen molar-refractivity contribution in [1.29, 1.82) is 0 Å². The molecule has 0 atom stereocenters. The number of benzene rings is 3. The maximum absolute atomic E-state index is 12.3. The van der Waals surface area contributed by atoms with Crippen molar-refractivity contribution in [3.8, 4) is 22.6 Å². The van der Waals surface area contributed by atoms with E-state index in [9.17, 15) is 29.8 Å². The highest BCUT2D eigenvalue weighted by Crippen LogP contribution is 2.35. The summed E-state index contributed by atoms with van der Waals surface area (Å²) in [6, 6.07) is 15.1. The highest BCUT2D eigenvalue weighted by atomic mass is 16.6. The molecule has 0 amide bonds. The lowest BCUT2D eigenvalue weighted by Crippen LogP contribution is -2.09. The van der Waals surface area contributed by atoms with Gasteiger partial charge in [0.1, 0.15) is 13.2 Å². The molecule has 3 rings (SSSR count). The fraction of sp³-hybridized carbons (Fsp3) is 0.259. The minimum atomic E-state index is -2.82. The maximum Gasteiger partial charge on any atom is 0.306 e. The molecular formula is C27H26N2O10. The van der Waals surface area contributed by atoms with Crippen LogP contribution in [-0.4, -0.2) is 36.0 Å². The van der Waals surface area contributed by atoms with Gasteiger partial charge in [-0.3, -0.25) is 29.8 Å². The SMILES string of the molecule is [2H]C([2H])(OC(=O)CCCC(=O)OCc1cc(OC)c(OC)cc1[N+](=O)[O-])c1ccc(-c2ccccc2)cc1[N+](=O)[O-]. The van der Waals surface area contributed by atoms with Crippen LogP contribution in [0, 0.1) is 20.2 Å². The van der Waals surface area contributed by atoms with E-state index in [2.05, 4.69) is 0 Å². The highest BCUT2D eigenvalue weighted by molar-refractivity contribution is 5.73. The van der Waals surface area contributed by atoms with Crippen LogP contribution in [0.5, 0.6) is 11.5 Å². The summed E-state index contributed by atoms with van der Waals surface area (Å²) >= 11 is 0. The molecule has 0 saturated carbocycles. The van der Waals surface area contributed by atoms with Gasteiger partial charge in [0.25, 0.3) is 11.4 Å². The molecule has 0 spiro atoms. The first-order valence-corrected chi connectivity index (χ1v) is 11.6. The smallest absolute Gasteiger partial charge is 0.306 e. The monoisotopic (exact) mass is 540 g/mol. The summed E-state index contributed by atoms with van der Waals surface area (Å²) in [5, 5.41) is 23.1. The van der Waals surface area contributed by atoms with E-state index in [4.69, 9.17) is 21.7 Å². The average Bonchev–Trinajstić information content (AvgIpc) is 2.95. The molecule has 3 aromatic rings. The Bertz CT molecular complexity index is 1450. The number of rotatable bonds is 13. The van der Waals surface area contributed by atoms with Gasteiger partial charge in [-0.25, -0.2) is 0 Å². The molecule has 39 heavy (non-hydrogen) atoms. The first kappa shape index (κ1) is 25.6. The molecule has 0 unspecified atom stereocenters. The quantitative estimate of drug-likeness (QED) is 0.161. The molecule has 0 aromatic heterocycles. The molecular weight excluding hydrogens is 512 g/mol. The molecule has 3 aromatic carbocycles. The van der Waals surface area contributed by atoms with Crippen molar-refractivity contribution in [2.75, 3.05) is 14.2 Å². The number of carbonyl (C=O) groups excluding carboxylic acids is 2. The van der Waals surface area contributed by atoms with Crippen molar-refractivity contribution >= 4 is 23.3 Å². The molecule has 0 bridgehead atoms. The number of hydrogen-bond acceptors (Lipinski definition) is 10. The minimum absolute atomic E-state index is 0.0634.